The van der Waals surface area contributed by atoms with Crippen LogP contribution in [0.3, 0.4) is 0 Å². The number of ether oxygens (including phenoxy) is 1. The van der Waals surface area contributed by atoms with Crippen LogP contribution < -0.4 is 10.1 Å². The standard InChI is InChI=1S/C19H19N3O2S2/c1-13-6-5-8-15(10-13)12-25-19-22-21-18(26-19)20-17(23)11-24-16-9-4-3-7-14(16)2/h3-10H,11-12H2,1-2H3,(H,20,21,23). The number of hydrogen-bond donors (Lipinski definition) is 1. The van der Waals surface area contributed by atoms with Crippen molar-refractivity contribution < 1.29 is 9.53 Å². The fourth-order valence-electron chi connectivity index (χ4n) is 2.28. The molecule has 0 radical (unpaired) electrons. The van der Waals surface area contributed by atoms with Gasteiger partial charge in [0.15, 0.2) is 10.9 Å². The number of anilines is 1. The first-order valence-electron chi connectivity index (χ1n) is 8.10. The Morgan fingerprint density at radius 3 is 2.81 bits per heavy atom. The summed E-state index contributed by atoms with van der Waals surface area (Å²) >= 11 is 2.97. The molecule has 0 spiro atoms. The van der Waals surface area contributed by atoms with Gasteiger partial charge in [-0.1, -0.05) is 71.1 Å². The van der Waals surface area contributed by atoms with E-state index in [2.05, 4.69) is 40.6 Å². The van der Waals surface area contributed by atoms with Crippen molar-refractivity contribution in [3.8, 4) is 5.75 Å². The van der Waals surface area contributed by atoms with Crippen LogP contribution in [0.4, 0.5) is 5.13 Å². The molecule has 0 aliphatic carbocycles. The molecule has 0 saturated heterocycles. The number of rotatable bonds is 7. The summed E-state index contributed by atoms with van der Waals surface area (Å²) in [6, 6.07) is 16.0. The molecule has 0 atom stereocenters. The number of hydrogen-bond acceptors (Lipinski definition) is 6. The van der Waals surface area contributed by atoms with E-state index in [0.29, 0.717) is 10.9 Å². The Bertz CT molecular complexity index is 896. The summed E-state index contributed by atoms with van der Waals surface area (Å²) in [5, 5.41) is 11.3. The highest BCUT2D eigenvalue weighted by Gasteiger charge is 2.10. The van der Waals surface area contributed by atoms with E-state index in [1.165, 1.54) is 22.5 Å². The molecule has 3 rings (SSSR count). The number of carbonyl (C=O) groups is 1. The molecular weight excluding hydrogens is 366 g/mol. The van der Waals surface area contributed by atoms with Crippen molar-refractivity contribution >= 4 is 34.1 Å². The predicted octanol–water partition coefficient (Wildman–Crippen LogP) is 4.46. The third-order valence-electron chi connectivity index (χ3n) is 3.55. The van der Waals surface area contributed by atoms with E-state index in [-0.39, 0.29) is 12.5 Å². The topological polar surface area (TPSA) is 64.1 Å². The summed E-state index contributed by atoms with van der Waals surface area (Å²) in [7, 11) is 0. The van der Waals surface area contributed by atoms with Gasteiger partial charge in [-0.25, -0.2) is 0 Å². The van der Waals surface area contributed by atoms with Crippen molar-refractivity contribution in [3.63, 3.8) is 0 Å². The molecule has 0 bridgehead atoms. The Kier molecular flexibility index (Phi) is 6.25. The molecule has 0 saturated carbocycles. The Balaban J connectivity index is 1.48. The Hall–Kier alpha value is -2.38. The lowest BCUT2D eigenvalue weighted by Gasteiger charge is -2.07. The second-order valence-corrected chi connectivity index (χ2v) is 7.95. The lowest BCUT2D eigenvalue weighted by molar-refractivity contribution is -0.118. The van der Waals surface area contributed by atoms with Crippen LogP contribution >= 0.6 is 23.1 Å². The highest BCUT2D eigenvalue weighted by Crippen LogP contribution is 2.28. The Labute approximate surface area is 160 Å². The zero-order valence-electron chi connectivity index (χ0n) is 14.6. The van der Waals surface area contributed by atoms with Gasteiger partial charge >= 0.3 is 0 Å². The van der Waals surface area contributed by atoms with Crippen LogP contribution in [0.2, 0.25) is 0 Å². The quantitative estimate of drug-likeness (QED) is 0.480. The summed E-state index contributed by atoms with van der Waals surface area (Å²) in [6.07, 6.45) is 0. The summed E-state index contributed by atoms with van der Waals surface area (Å²) in [5.41, 5.74) is 3.47. The second kappa shape index (κ2) is 8.82. The molecule has 0 fully saturated rings. The molecule has 0 unspecified atom stereocenters. The zero-order chi connectivity index (χ0) is 18.4. The van der Waals surface area contributed by atoms with Gasteiger partial charge in [0.1, 0.15) is 5.75 Å². The first kappa shape index (κ1) is 18.4. The van der Waals surface area contributed by atoms with Gasteiger partial charge < -0.3 is 4.74 Å². The number of aromatic nitrogens is 2. The minimum absolute atomic E-state index is 0.0593. The van der Waals surface area contributed by atoms with Gasteiger partial charge in [-0.3, -0.25) is 10.1 Å². The largest absolute Gasteiger partial charge is 0.483 e. The van der Waals surface area contributed by atoms with Gasteiger partial charge in [-0.05, 0) is 31.0 Å². The highest BCUT2D eigenvalue weighted by atomic mass is 32.2. The van der Waals surface area contributed by atoms with Crippen molar-refractivity contribution in [3.05, 3.63) is 65.2 Å². The SMILES string of the molecule is Cc1cccc(CSc2nnc(NC(=O)COc3ccccc3C)s2)c1. The number of thioether (sulfide) groups is 1. The molecule has 5 nitrogen and oxygen atoms in total. The third kappa shape index (κ3) is 5.31. The maximum absolute atomic E-state index is 12.0. The number of aryl methyl sites for hydroxylation is 2. The molecule has 1 N–H and O–H groups in total. The second-order valence-electron chi connectivity index (χ2n) is 5.75. The summed E-state index contributed by atoms with van der Waals surface area (Å²) in [5.74, 6) is 1.27. The van der Waals surface area contributed by atoms with Gasteiger partial charge in [-0.15, -0.1) is 10.2 Å². The minimum atomic E-state index is -0.250. The molecule has 3 aromatic rings. The maximum Gasteiger partial charge on any atom is 0.264 e. The summed E-state index contributed by atoms with van der Waals surface area (Å²) < 4.78 is 6.35. The number of amides is 1. The number of benzene rings is 2. The van der Waals surface area contributed by atoms with Crippen LogP contribution in [0, 0.1) is 13.8 Å². The molecule has 0 aliphatic heterocycles. The number of carbonyl (C=O) groups excluding carboxylic acids is 1. The monoisotopic (exact) mass is 385 g/mol. The van der Waals surface area contributed by atoms with Crippen molar-refractivity contribution in [2.24, 2.45) is 0 Å². The molecule has 1 heterocycles. The van der Waals surface area contributed by atoms with E-state index in [9.17, 15) is 4.79 Å². The van der Waals surface area contributed by atoms with E-state index in [1.807, 2.05) is 37.3 Å². The van der Waals surface area contributed by atoms with Gasteiger partial charge in [0.05, 0.1) is 0 Å². The van der Waals surface area contributed by atoms with E-state index in [0.717, 1.165) is 15.7 Å². The van der Waals surface area contributed by atoms with Crippen LogP contribution in [-0.2, 0) is 10.5 Å². The van der Waals surface area contributed by atoms with Crippen LogP contribution in [0.1, 0.15) is 16.7 Å². The lowest BCUT2D eigenvalue weighted by Crippen LogP contribution is -2.20. The average Bonchev–Trinajstić information content (AvgIpc) is 3.07. The maximum atomic E-state index is 12.0. The summed E-state index contributed by atoms with van der Waals surface area (Å²) in [6.45, 7) is 3.96. The van der Waals surface area contributed by atoms with Gasteiger partial charge in [0.2, 0.25) is 5.13 Å². The third-order valence-corrected chi connectivity index (χ3v) is 5.59. The van der Waals surface area contributed by atoms with E-state index >= 15 is 0 Å². The molecule has 7 heteroatoms. The minimum Gasteiger partial charge on any atom is -0.483 e. The van der Waals surface area contributed by atoms with Gasteiger partial charge in [0.25, 0.3) is 5.91 Å². The smallest absolute Gasteiger partial charge is 0.264 e. The average molecular weight is 386 g/mol. The lowest BCUT2D eigenvalue weighted by atomic mass is 10.2. The van der Waals surface area contributed by atoms with Crippen molar-refractivity contribution in [2.45, 2.75) is 23.9 Å². The van der Waals surface area contributed by atoms with Crippen molar-refractivity contribution in [2.75, 3.05) is 11.9 Å². The number of para-hydroxylation sites is 1. The zero-order valence-corrected chi connectivity index (χ0v) is 16.2. The van der Waals surface area contributed by atoms with Gasteiger partial charge in [-0.2, -0.15) is 0 Å². The molecule has 26 heavy (non-hydrogen) atoms. The van der Waals surface area contributed by atoms with Gasteiger partial charge in [0, 0.05) is 5.75 Å². The van der Waals surface area contributed by atoms with E-state index < -0.39 is 0 Å². The number of nitrogens with zero attached hydrogens (tertiary/aromatic N) is 2. The van der Waals surface area contributed by atoms with Crippen LogP contribution in [0.5, 0.6) is 5.75 Å². The first-order valence-corrected chi connectivity index (χ1v) is 9.90. The Morgan fingerprint density at radius 2 is 2.00 bits per heavy atom. The molecule has 1 aromatic heterocycles. The molecular formula is C19H19N3O2S2. The fourth-order valence-corrected chi connectivity index (χ4v) is 3.99. The van der Waals surface area contributed by atoms with Crippen molar-refractivity contribution in [1.82, 2.24) is 10.2 Å². The van der Waals surface area contributed by atoms with Crippen molar-refractivity contribution in [1.29, 1.82) is 0 Å². The molecule has 134 valence electrons. The Morgan fingerprint density at radius 1 is 1.15 bits per heavy atom. The molecule has 1 amide bonds. The molecule has 2 aromatic carbocycles. The first-order chi connectivity index (χ1) is 12.6. The van der Waals surface area contributed by atoms with Crippen LogP contribution in [0.25, 0.3) is 0 Å². The molecule has 0 aliphatic rings. The van der Waals surface area contributed by atoms with E-state index in [4.69, 9.17) is 4.74 Å². The van der Waals surface area contributed by atoms with Crippen LogP contribution in [-0.4, -0.2) is 22.7 Å². The van der Waals surface area contributed by atoms with Crippen LogP contribution in [0.15, 0.2) is 52.9 Å². The number of nitrogens with one attached hydrogen (secondary N) is 1. The summed E-state index contributed by atoms with van der Waals surface area (Å²) in [4.78, 5) is 12.0. The highest BCUT2D eigenvalue weighted by molar-refractivity contribution is 8.00. The fraction of sp³-hybridized carbons (Fsp3) is 0.211. The normalized spacial score (nSPS) is 10.5. The van der Waals surface area contributed by atoms with E-state index in [1.54, 1.807) is 11.8 Å². The predicted molar refractivity (Wildman–Crippen MR) is 106 cm³/mol.